The predicted molar refractivity (Wildman–Crippen MR) is 57.4 cm³/mol. The number of hydrogen-bond acceptors (Lipinski definition) is 4. The molecule has 2 N–H and O–H groups in total. The highest BCUT2D eigenvalue weighted by Gasteiger charge is 1.98. The van der Waals surface area contributed by atoms with Gasteiger partial charge in [-0.2, -0.15) is 0 Å². The van der Waals surface area contributed by atoms with Crippen LogP contribution in [-0.4, -0.2) is 15.0 Å². The maximum atomic E-state index is 5.38. The quantitative estimate of drug-likeness (QED) is 0.786. The minimum absolute atomic E-state index is 0.277. The third-order valence-corrected chi connectivity index (χ3v) is 2.20. The molecule has 0 aliphatic carbocycles. The smallest absolute Gasteiger partial charge is 0.219 e. The lowest BCUT2D eigenvalue weighted by Gasteiger charge is -1.99. The maximum Gasteiger partial charge on any atom is 0.219 e. The molecule has 0 spiro atoms. The van der Waals surface area contributed by atoms with Gasteiger partial charge in [-0.25, -0.2) is 15.0 Å². The number of halogens is 1. The molecule has 2 rings (SSSR count). The van der Waals surface area contributed by atoms with E-state index in [9.17, 15) is 0 Å². The van der Waals surface area contributed by atoms with Crippen molar-refractivity contribution in [3.05, 3.63) is 35.3 Å². The van der Waals surface area contributed by atoms with E-state index in [1.807, 2.05) is 12.1 Å². The summed E-state index contributed by atoms with van der Waals surface area (Å²) >= 11 is 3.27. The first-order valence-corrected chi connectivity index (χ1v) is 4.74. The second-order valence-electron chi connectivity index (χ2n) is 2.70. The van der Waals surface area contributed by atoms with Crippen molar-refractivity contribution in [2.24, 2.45) is 0 Å². The molecule has 0 saturated carbocycles. The summed E-state index contributed by atoms with van der Waals surface area (Å²) in [6.07, 6.45) is 5.10. The molecule has 0 unspecified atom stereocenters. The highest BCUT2D eigenvalue weighted by Crippen LogP contribution is 2.18. The van der Waals surface area contributed by atoms with Crippen LogP contribution in [0, 0.1) is 0 Å². The number of aromatic nitrogens is 3. The van der Waals surface area contributed by atoms with Gasteiger partial charge in [0.2, 0.25) is 5.95 Å². The van der Waals surface area contributed by atoms with Crippen LogP contribution in [0.2, 0.25) is 0 Å². The predicted octanol–water partition coefficient (Wildman–Crippen LogP) is 1.88. The van der Waals surface area contributed by atoms with Crippen LogP contribution in [0.5, 0.6) is 0 Å². The fraction of sp³-hybridized carbons (Fsp3) is 0. The number of hydrogen-bond donors (Lipinski definition) is 1. The first-order valence-electron chi connectivity index (χ1n) is 3.95. The van der Waals surface area contributed by atoms with Crippen molar-refractivity contribution >= 4 is 21.9 Å². The molecule has 0 aromatic carbocycles. The Morgan fingerprint density at radius 1 is 0.929 bits per heavy atom. The Hall–Kier alpha value is -1.49. The van der Waals surface area contributed by atoms with E-state index in [1.165, 1.54) is 0 Å². The summed E-state index contributed by atoms with van der Waals surface area (Å²) in [6.45, 7) is 0. The summed E-state index contributed by atoms with van der Waals surface area (Å²) in [7, 11) is 0. The van der Waals surface area contributed by atoms with E-state index in [2.05, 4.69) is 30.9 Å². The molecule has 14 heavy (non-hydrogen) atoms. The lowest BCUT2D eigenvalue weighted by atomic mass is 10.2. The summed E-state index contributed by atoms with van der Waals surface area (Å²) in [5.74, 6) is 0.277. The molecule has 0 radical (unpaired) electrons. The van der Waals surface area contributed by atoms with Crippen LogP contribution in [0.3, 0.4) is 0 Å². The van der Waals surface area contributed by atoms with Gasteiger partial charge in [-0.05, 0) is 22.0 Å². The second-order valence-corrected chi connectivity index (χ2v) is 3.51. The Morgan fingerprint density at radius 2 is 1.57 bits per heavy atom. The molecule has 0 atom stereocenters. The number of rotatable bonds is 1. The molecule has 0 fully saturated rings. The van der Waals surface area contributed by atoms with Crippen LogP contribution in [0.25, 0.3) is 11.1 Å². The lowest BCUT2D eigenvalue weighted by molar-refractivity contribution is 1.18. The fourth-order valence-corrected chi connectivity index (χ4v) is 1.27. The first kappa shape index (κ1) is 9.08. The molecule has 0 amide bonds. The Kier molecular flexibility index (Phi) is 2.41. The van der Waals surface area contributed by atoms with Gasteiger partial charge in [0, 0.05) is 29.7 Å². The largest absolute Gasteiger partial charge is 0.368 e. The van der Waals surface area contributed by atoms with Crippen LogP contribution >= 0.6 is 15.9 Å². The van der Waals surface area contributed by atoms with Crippen molar-refractivity contribution in [1.82, 2.24) is 15.0 Å². The van der Waals surface area contributed by atoms with Crippen LogP contribution in [-0.2, 0) is 0 Å². The number of anilines is 1. The van der Waals surface area contributed by atoms with Crippen molar-refractivity contribution in [2.45, 2.75) is 0 Å². The fourth-order valence-electron chi connectivity index (χ4n) is 1.03. The lowest BCUT2D eigenvalue weighted by Crippen LogP contribution is -1.93. The molecule has 2 heterocycles. The average Bonchev–Trinajstić information content (AvgIpc) is 2.21. The maximum absolute atomic E-state index is 5.38. The molecule has 4 nitrogen and oxygen atoms in total. The van der Waals surface area contributed by atoms with Gasteiger partial charge in [-0.3, -0.25) is 0 Å². The van der Waals surface area contributed by atoms with Gasteiger partial charge in [0.1, 0.15) is 4.60 Å². The van der Waals surface area contributed by atoms with E-state index in [0.717, 1.165) is 15.7 Å². The topological polar surface area (TPSA) is 64.7 Å². The second kappa shape index (κ2) is 3.71. The SMILES string of the molecule is Nc1ncc(-c2ccc(Br)nc2)cn1. The molecule has 0 bridgehead atoms. The Labute approximate surface area is 89.4 Å². The van der Waals surface area contributed by atoms with Crippen molar-refractivity contribution in [3.63, 3.8) is 0 Å². The van der Waals surface area contributed by atoms with E-state index in [-0.39, 0.29) is 5.95 Å². The third-order valence-electron chi connectivity index (χ3n) is 1.73. The molecule has 0 aliphatic heterocycles. The van der Waals surface area contributed by atoms with Gasteiger partial charge in [0.05, 0.1) is 0 Å². The van der Waals surface area contributed by atoms with Crippen LogP contribution in [0.15, 0.2) is 35.3 Å². The molecule has 2 aromatic heterocycles. The van der Waals surface area contributed by atoms with Crippen molar-refractivity contribution in [1.29, 1.82) is 0 Å². The van der Waals surface area contributed by atoms with Crippen LogP contribution < -0.4 is 5.73 Å². The molecule has 0 aliphatic rings. The summed E-state index contributed by atoms with van der Waals surface area (Å²) in [5, 5.41) is 0. The zero-order chi connectivity index (χ0) is 9.97. The summed E-state index contributed by atoms with van der Waals surface area (Å²) in [5.41, 5.74) is 7.25. The van der Waals surface area contributed by atoms with Gasteiger partial charge >= 0.3 is 0 Å². The monoisotopic (exact) mass is 250 g/mol. The minimum atomic E-state index is 0.277. The van der Waals surface area contributed by atoms with Crippen LogP contribution in [0.4, 0.5) is 5.95 Å². The summed E-state index contributed by atoms with van der Waals surface area (Å²) in [6, 6.07) is 3.80. The first-order chi connectivity index (χ1) is 6.75. The van der Waals surface area contributed by atoms with Crippen LogP contribution in [0.1, 0.15) is 0 Å². The zero-order valence-electron chi connectivity index (χ0n) is 7.18. The summed E-state index contributed by atoms with van der Waals surface area (Å²) in [4.78, 5) is 11.9. The molecule has 70 valence electrons. The van der Waals surface area contributed by atoms with E-state index >= 15 is 0 Å². The molecule has 2 aromatic rings. The minimum Gasteiger partial charge on any atom is -0.368 e. The Balaban J connectivity index is 2.40. The van der Waals surface area contributed by atoms with Gasteiger partial charge in [-0.1, -0.05) is 6.07 Å². The van der Waals surface area contributed by atoms with Crippen molar-refractivity contribution < 1.29 is 0 Å². The normalized spacial score (nSPS) is 10.1. The summed E-state index contributed by atoms with van der Waals surface area (Å²) < 4.78 is 0.803. The van der Waals surface area contributed by atoms with E-state index in [0.29, 0.717) is 0 Å². The van der Waals surface area contributed by atoms with E-state index in [4.69, 9.17) is 5.73 Å². The zero-order valence-corrected chi connectivity index (χ0v) is 8.77. The van der Waals surface area contributed by atoms with Gasteiger partial charge in [0.25, 0.3) is 0 Å². The van der Waals surface area contributed by atoms with Gasteiger partial charge in [-0.15, -0.1) is 0 Å². The number of nitrogen functional groups attached to an aromatic ring is 1. The van der Waals surface area contributed by atoms with Gasteiger partial charge in [0.15, 0.2) is 0 Å². The van der Waals surface area contributed by atoms with E-state index < -0.39 is 0 Å². The molecule has 5 heteroatoms. The van der Waals surface area contributed by atoms with Crippen molar-refractivity contribution in [3.8, 4) is 11.1 Å². The number of nitrogens with two attached hydrogens (primary N) is 1. The molecular formula is C9H7BrN4. The number of pyridine rings is 1. The number of nitrogens with zero attached hydrogens (tertiary/aromatic N) is 3. The average molecular weight is 251 g/mol. The molecule has 0 saturated heterocycles. The van der Waals surface area contributed by atoms with Crippen molar-refractivity contribution in [2.75, 3.05) is 5.73 Å². The molecular weight excluding hydrogens is 244 g/mol. The highest BCUT2D eigenvalue weighted by atomic mass is 79.9. The Bertz CT molecular complexity index is 380. The third kappa shape index (κ3) is 1.88. The highest BCUT2D eigenvalue weighted by molar-refractivity contribution is 9.10. The standard InChI is InChI=1S/C9H7BrN4/c10-8-2-1-6(3-12-8)7-4-13-9(11)14-5-7/h1-5H,(H2,11,13,14). The van der Waals surface area contributed by atoms with E-state index in [1.54, 1.807) is 18.6 Å². The van der Waals surface area contributed by atoms with Gasteiger partial charge < -0.3 is 5.73 Å². The Morgan fingerprint density at radius 3 is 2.14 bits per heavy atom.